The number of carboxylic acids is 1. The van der Waals surface area contributed by atoms with E-state index in [-0.39, 0.29) is 11.5 Å². The zero-order valence-corrected chi connectivity index (χ0v) is 11.5. The predicted octanol–water partition coefficient (Wildman–Crippen LogP) is 1.54. The van der Waals surface area contributed by atoms with E-state index in [0.29, 0.717) is 23.7 Å². The summed E-state index contributed by atoms with van der Waals surface area (Å²) in [4.78, 5) is 29.0. The maximum Gasteiger partial charge on any atom is 0.354 e. The first-order valence-electron chi connectivity index (χ1n) is 6.21. The third-order valence-electron chi connectivity index (χ3n) is 2.70. The van der Waals surface area contributed by atoms with E-state index < -0.39 is 11.5 Å². The van der Waals surface area contributed by atoms with Gasteiger partial charge in [-0.25, -0.2) is 9.78 Å². The first kappa shape index (κ1) is 14.6. The van der Waals surface area contributed by atoms with Gasteiger partial charge in [0.2, 0.25) is 0 Å². The number of ether oxygens (including phenoxy) is 2. The fourth-order valence-corrected chi connectivity index (χ4v) is 1.85. The number of nitrogens with zero attached hydrogens (tertiary/aromatic N) is 1. The van der Waals surface area contributed by atoms with Gasteiger partial charge < -0.3 is 19.6 Å². The van der Waals surface area contributed by atoms with Crippen LogP contribution in [-0.4, -0.2) is 34.8 Å². The van der Waals surface area contributed by atoms with Crippen LogP contribution in [0.25, 0.3) is 11.4 Å². The van der Waals surface area contributed by atoms with Crippen LogP contribution >= 0.6 is 0 Å². The molecule has 0 unspecified atom stereocenters. The Hall–Kier alpha value is -2.83. The van der Waals surface area contributed by atoms with E-state index in [1.54, 1.807) is 25.1 Å². The Kier molecular flexibility index (Phi) is 4.22. The number of carbonyl (C=O) groups is 1. The molecule has 0 bridgehead atoms. The average molecular weight is 290 g/mol. The quantitative estimate of drug-likeness (QED) is 0.866. The summed E-state index contributed by atoms with van der Waals surface area (Å²) >= 11 is 0. The minimum atomic E-state index is -1.27. The van der Waals surface area contributed by atoms with Crippen molar-refractivity contribution in [1.82, 2.24) is 9.97 Å². The van der Waals surface area contributed by atoms with Gasteiger partial charge in [-0.05, 0) is 19.1 Å². The molecule has 0 aliphatic heterocycles. The van der Waals surface area contributed by atoms with Gasteiger partial charge in [-0.2, -0.15) is 0 Å². The highest BCUT2D eigenvalue weighted by atomic mass is 16.5. The van der Waals surface area contributed by atoms with Crippen molar-refractivity contribution in [3.8, 4) is 22.9 Å². The number of nitrogens with one attached hydrogen (secondary N) is 1. The van der Waals surface area contributed by atoms with Gasteiger partial charge in [0, 0.05) is 6.07 Å². The van der Waals surface area contributed by atoms with Crippen LogP contribution < -0.4 is 15.0 Å². The number of aromatic nitrogens is 2. The molecule has 1 aromatic heterocycles. The number of carboxylic acid groups (broad SMARTS) is 1. The van der Waals surface area contributed by atoms with Crippen molar-refractivity contribution in [2.45, 2.75) is 6.92 Å². The van der Waals surface area contributed by atoms with Gasteiger partial charge in [0.05, 0.1) is 19.3 Å². The molecule has 0 fully saturated rings. The van der Waals surface area contributed by atoms with E-state index in [9.17, 15) is 9.59 Å². The Morgan fingerprint density at radius 3 is 2.81 bits per heavy atom. The number of rotatable bonds is 5. The van der Waals surface area contributed by atoms with Crippen molar-refractivity contribution in [2.75, 3.05) is 13.7 Å². The molecule has 0 amide bonds. The molecule has 110 valence electrons. The Morgan fingerprint density at radius 1 is 1.43 bits per heavy atom. The number of H-pyrrole nitrogens is 1. The first-order chi connectivity index (χ1) is 10.1. The lowest BCUT2D eigenvalue weighted by Crippen LogP contribution is -2.14. The molecule has 0 atom stereocenters. The minimum absolute atomic E-state index is 0.113. The third kappa shape index (κ3) is 3.02. The Labute approximate surface area is 120 Å². The first-order valence-corrected chi connectivity index (χ1v) is 6.21. The predicted molar refractivity (Wildman–Crippen MR) is 75.0 cm³/mol. The highest BCUT2D eigenvalue weighted by molar-refractivity contribution is 5.86. The van der Waals surface area contributed by atoms with Gasteiger partial charge in [-0.3, -0.25) is 4.79 Å². The number of hydrogen-bond acceptors (Lipinski definition) is 5. The molecule has 0 aliphatic carbocycles. The molecule has 0 saturated heterocycles. The fraction of sp³-hybridized carbons (Fsp3) is 0.214. The Balaban J connectivity index is 2.66. The van der Waals surface area contributed by atoms with E-state index in [1.165, 1.54) is 7.11 Å². The molecule has 0 spiro atoms. The SMILES string of the molecule is CCOc1c(OC)cccc1-c1nc(C(=O)O)cc(=O)[nH]1. The largest absolute Gasteiger partial charge is 0.493 e. The van der Waals surface area contributed by atoms with Crippen molar-refractivity contribution < 1.29 is 19.4 Å². The van der Waals surface area contributed by atoms with E-state index in [2.05, 4.69) is 9.97 Å². The van der Waals surface area contributed by atoms with Crippen LogP contribution in [-0.2, 0) is 0 Å². The second-order valence-corrected chi connectivity index (χ2v) is 4.05. The summed E-state index contributed by atoms with van der Waals surface area (Å²) in [5, 5.41) is 8.98. The number of aromatic amines is 1. The summed E-state index contributed by atoms with van der Waals surface area (Å²) in [7, 11) is 1.49. The Morgan fingerprint density at radius 2 is 2.19 bits per heavy atom. The van der Waals surface area contributed by atoms with Crippen LogP contribution in [0.4, 0.5) is 0 Å². The third-order valence-corrected chi connectivity index (χ3v) is 2.70. The molecular weight excluding hydrogens is 276 g/mol. The Bertz CT molecular complexity index is 724. The van der Waals surface area contributed by atoms with Crippen LogP contribution in [0, 0.1) is 0 Å². The lowest BCUT2D eigenvalue weighted by Gasteiger charge is -2.13. The average Bonchev–Trinajstić information content (AvgIpc) is 2.47. The van der Waals surface area contributed by atoms with Gasteiger partial charge >= 0.3 is 5.97 Å². The molecule has 21 heavy (non-hydrogen) atoms. The van der Waals surface area contributed by atoms with Crippen LogP contribution in [0.15, 0.2) is 29.1 Å². The van der Waals surface area contributed by atoms with Crippen molar-refractivity contribution in [3.05, 3.63) is 40.3 Å². The summed E-state index contributed by atoms with van der Waals surface area (Å²) in [6.07, 6.45) is 0. The molecule has 2 rings (SSSR count). The zero-order valence-electron chi connectivity index (χ0n) is 11.5. The lowest BCUT2D eigenvalue weighted by atomic mass is 10.1. The summed E-state index contributed by atoms with van der Waals surface area (Å²) in [5.74, 6) is -0.295. The van der Waals surface area contributed by atoms with Crippen molar-refractivity contribution in [2.24, 2.45) is 0 Å². The number of methoxy groups -OCH3 is 1. The highest BCUT2D eigenvalue weighted by Gasteiger charge is 2.16. The number of aromatic carboxylic acids is 1. The van der Waals surface area contributed by atoms with Crippen molar-refractivity contribution in [3.63, 3.8) is 0 Å². The second-order valence-electron chi connectivity index (χ2n) is 4.05. The molecule has 7 heteroatoms. The molecule has 7 nitrogen and oxygen atoms in total. The maximum atomic E-state index is 11.6. The lowest BCUT2D eigenvalue weighted by molar-refractivity contribution is 0.0690. The smallest absolute Gasteiger partial charge is 0.354 e. The number of hydrogen-bond donors (Lipinski definition) is 2. The maximum absolute atomic E-state index is 11.6. The fourth-order valence-electron chi connectivity index (χ4n) is 1.85. The molecule has 0 saturated carbocycles. The van der Waals surface area contributed by atoms with Gasteiger partial charge in [0.15, 0.2) is 17.2 Å². The minimum Gasteiger partial charge on any atom is -0.493 e. The normalized spacial score (nSPS) is 10.2. The van der Waals surface area contributed by atoms with Gasteiger partial charge in [-0.15, -0.1) is 0 Å². The molecule has 0 radical (unpaired) electrons. The summed E-state index contributed by atoms with van der Waals surface area (Å²) in [5.41, 5.74) is -0.432. The van der Waals surface area contributed by atoms with Gasteiger partial charge in [0.25, 0.3) is 5.56 Å². The standard InChI is InChI=1S/C14H14N2O5/c1-3-21-12-8(5-4-6-10(12)20-2)13-15-9(14(18)19)7-11(17)16-13/h4-7H,3H2,1-2H3,(H,18,19)(H,15,16,17). The monoisotopic (exact) mass is 290 g/mol. The summed E-state index contributed by atoms with van der Waals surface area (Å²) in [6.45, 7) is 2.19. The van der Waals surface area contributed by atoms with Crippen LogP contribution in [0.1, 0.15) is 17.4 Å². The van der Waals surface area contributed by atoms with E-state index in [4.69, 9.17) is 14.6 Å². The second kappa shape index (κ2) is 6.08. The molecule has 1 heterocycles. The summed E-state index contributed by atoms with van der Waals surface area (Å²) in [6, 6.07) is 5.99. The molecular formula is C14H14N2O5. The van der Waals surface area contributed by atoms with Crippen LogP contribution in [0.2, 0.25) is 0 Å². The van der Waals surface area contributed by atoms with Crippen molar-refractivity contribution in [1.29, 1.82) is 0 Å². The number of para-hydroxylation sites is 1. The molecule has 1 aromatic carbocycles. The zero-order chi connectivity index (χ0) is 15.4. The van der Waals surface area contributed by atoms with Crippen molar-refractivity contribution >= 4 is 5.97 Å². The van der Waals surface area contributed by atoms with Crippen LogP contribution in [0.3, 0.4) is 0 Å². The van der Waals surface area contributed by atoms with E-state index >= 15 is 0 Å². The van der Waals surface area contributed by atoms with Gasteiger partial charge in [-0.1, -0.05) is 6.07 Å². The molecule has 2 aromatic rings. The summed E-state index contributed by atoms with van der Waals surface area (Å²) < 4.78 is 10.7. The number of benzene rings is 1. The van der Waals surface area contributed by atoms with Crippen LogP contribution in [0.5, 0.6) is 11.5 Å². The molecule has 2 N–H and O–H groups in total. The topological polar surface area (TPSA) is 102 Å². The van der Waals surface area contributed by atoms with E-state index in [1.807, 2.05) is 0 Å². The van der Waals surface area contributed by atoms with Gasteiger partial charge in [0.1, 0.15) is 5.82 Å². The molecule has 0 aliphatic rings. The highest BCUT2D eigenvalue weighted by Crippen LogP contribution is 2.36. The van der Waals surface area contributed by atoms with E-state index in [0.717, 1.165) is 6.07 Å².